The average Bonchev–Trinajstić information content (AvgIpc) is 3.12. The monoisotopic (exact) mass is 294 g/mol. The molecule has 0 saturated carbocycles. The van der Waals surface area contributed by atoms with Crippen LogP contribution in [0.3, 0.4) is 0 Å². The summed E-state index contributed by atoms with van der Waals surface area (Å²) in [6.07, 6.45) is 3.26. The molecular formula is C15H10N4O3. The largest absolute Gasteiger partial charge is 0.442 e. The third kappa shape index (κ3) is 2.08. The normalized spacial score (nSPS) is 11.1. The van der Waals surface area contributed by atoms with Crippen molar-refractivity contribution in [1.29, 1.82) is 0 Å². The number of fused-ring (bicyclic) bond motifs is 1. The molecule has 4 aromatic rings. The Kier molecular flexibility index (Phi) is 2.82. The summed E-state index contributed by atoms with van der Waals surface area (Å²) in [7, 11) is 0. The van der Waals surface area contributed by atoms with Gasteiger partial charge in [0.15, 0.2) is 11.4 Å². The molecule has 0 saturated heterocycles. The number of hydrogen-bond donors (Lipinski definition) is 0. The molecule has 0 amide bonds. The molecule has 7 nitrogen and oxygen atoms in total. The number of pyridine rings is 1. The zero-order chi connectivity index (χ0) is 14.9. The van der Waals surface area contributed by atoms with E-state index in [0.29, 0.717) is 22.9 Å². The molecule has 0 aliphatic heterocycles. The zero-order valence-electron chi connectivity index (χ0n) is 11.3. The Labute approximate surface area is 123 Å². The molecule has 0 fully saturated rings. The Morgan fingerprint density at radius 1 is 1.14 bits per heavy atom. The van der Waals surface area contributed by atoms with Gasteiger partial charge in [-0.15, -0.1) is 0 Å². The smallest absolute Gasteiger partial charge is 0.439 e. The van der Waals surface area contributed by atoms with Crippen molar-refractivity contribution >= 4 is 11.1 Å². The quantitative estimate of drug-likeness (QED) is 0.575. The molecule has 0 aliphatic carbocycles. The Bertz CT molecular complexity index is 952. The molecule has 0 N–H and O–H groups in total. The van der Waals surface area contributed by atoms with Crippen molar-refractivity contribution in [3.63, 3.8) is 0 Å². The van der Waals surface area contributed by atoms with Gasteiger partial charge in [-0.2, -0.15) is 0 Å². The van der Waals surface area contributed by atoms with E-state index in [1.807, 2.05) is 24.3 Å². The number of oxazole rings is 1. The summed E-state index contributed by atoms with van der Waals surface area (Å²) in [5, 5.41) is 3.80. The van der Waals surface area contributed by atoms with E-state index in [2.05, 4.69) is 15.1 Å². The van der Waals surface area contributed by atoms with Gasteiger partial charge in [0.1, 0.15) is 12.1 Å². The van der Waals surface area contributed by atoms with Crippen molar-refractivity contribution in [1.82, 2.24) is 19.7 Å². The Hall–Kier alpha value is -3.22. The first-order chi connectivity index (χ1) is 10.8. The summed E-state index contributed by atoms with van der Waals surface area (Å²) >= 11 is 0. The number of rotatable bonds is 3. The summed E-state index contributed by atoms with van der Waals surface area (Å²) in [5.41, 5.74) is 2.10. The summed E-state index contributed by atoms with van der Waals surface area (Å²) in [4.78, 5) is 20.2. The predicted octanol–water partition coefficient (Wildman–Crippen LogP) is 2.09. The fourth-order valence-corrected chi connectivity index (χ4v) is 2.23. The molecule has 0 spiro atoms. The first-order valence-corrected chi connectivity index (χ1v) is 6.62. The summed E-state index contributed by atoms with van der Waals surface area (Å²) < 4.78 is 11.8. The lowest BCUT2D eigenvalue weighted by Crippen LogP contribution is -2.16. The lowest BCUT2D eigenvalue weighted by atomic mass is 10.3. The van der Waals surface area contributed by atoms with Crippen LogP contribution in [0.25, 0.3) is 22.5 Å². The van der Waals surface area contributed by atoms with Crippen LogP contribution in [-0.4, -0.2) is 19.7 Å². The maximum Gasteiger partial charge on any atom is 0.442 e. The molecule has 0 atom stereocenters. The molecule has 0 bridgehead atoms. The molecule has 7 heteroatoms. The molecule has 0 aliphatic rings. The fourth-order valence-electron chi connectivity index (χ4n) is 2.23. The van der Waals surface area contributed by atoms with Crippen molar-refractivity contribution in [3.8, 4) is 11.4 Å². The third-order valence-corrected chi connectivity index (χ3v) is 3.24. The average molecular weight is 294 g/mol. The van der Waals surface area contributed by atoms with Crippen molar-refractivity contribution in [2.24, 2.45) is 0 Å². The van der Waals surface area contributed by atoms with E-state index in [9.17, 15) is 4.79 Å². The number of benzene rings is 1. The first kappa shape index (κ1) is 12.5. The molecule has 3 aromatic heterocycles. The number of aromatic nitrogens is 4. The van der Waals surface area contributed by atoms with Gasteiger partial charge in [-0.1, -0.05) is 17.3 Å². The minimum Gasteiger partial charge on any atom is -0.439 e. The van der Waals surface area contributed by atoms with Gasteiger partial charge in [-0.05, 0) is 24.3 Å². The minimum atomic E-state index is -0.568. The molecule has 0 unspecified atom stereocenters. The molecular weight excluding hydrogens is 284 g/mol. The van der Waals surface area contributed by atoms with Gasteiger partial charge in [-0.25, -0.2) is 14.3 Å². The minimum absolute atomic E-state index is 0.140. The molecule has 3 heterocycles. The summed E-state index contributed by atoms with van der Waals surface area (Å²) in [5.74, 6) is 0.234. The Morgan fingerprint density at radius 3 is 2.86 bits per heavy atom. The lowest BCUT2D eigenvalue weighted by Gasteiger charge is -2.00. The van der Waals surface area contributed by atoms with E-state index in [-0.39, 0.29) is 6.54 Å². The van der Waals surface area contributed by atoms with Crippen molar-refractivity contribution in [2.45, 2.75) is 6.54 Å². The van der Waals surface area contributed by atoms with Crippen molar-refractivity contribution in [3.05, 3.63) is 65.2 Å². The topological polar surface area (TPSA) is 87.0 Å². The van der Waals surface area contributed by atoms with Gasteiger partial charge in [0, 0.05) is 18.0 Å². The summed E-state index contributed by atoms with van der Waals surface area (Å²) in [6, 6.07) is 11.0. The van der Waals surface area contributed by atoms with Crippen LogP contribution in [0.15, 0.2) is 62.5 Å². The Balaban J connectivity index is 1.77. The number of para-hydroxylation sites is 2. The van der Waals surface area contributed by atoms with Gasteiger partial charge in [0.25, 0.3) is 0 Å². The van der Waals surface area contributed by atoms with Gasteiger partial charge < -0.3 is 4.42 Å². The summed E-state index contributed by atoms with van der Waals surface area (Å²) in [6.45, 7) is 0.140. The standard InChI is InChI=1S/C15H10N4O3/c20-15-19(14(18-22-15)10-4-3-7-16-8-10)9-13-17-11-5-1-2-6-12(11)21-13/h1-8H,9H2. The third-order valence-electron chi connectivity index (χ3n) is 3.24. The second-order valence-electron chi connectivity index (χ2n) is 4.68. The molecule has 4 rings (SSSR count). The number of nitrogens with zero attached hydrogens (tertiary/aromatic N) is 4. The van der Waals surface area contributed by atoms with E-state index in [1.165, 1.54) is 4.57 Å². The van der Waals surface area contributed by atoms with Gasteiger partial charge in [-0.3, -0.25) is 9.51 Å². The fraction of sp³-hybridized carbons (Fsp3) is 0.0667. The van der Waals surface area contributed by atoms with Crippen LogP contribution in [0.2, 0.25) is 0 Å². The molecule has 0 radical (unpaired) electrons. The van der Waals surface area contributed by atoms with E-state index in [1.54, 1.807) is 24.5 Å². The highest BCUT2D eigenvalue weighted by Gasteiger charge is 2.16. The highest BCUT2D eigenvalue weighted by atomic mass is 16.5. The van der Waals surface area contributed by atoms with Crippen LogP contribution in [0.1, 0.15) is 5.89 Å². The van der Waals surface area contributed by atoms with Crippen LogP contribution in [-0.2, 0) is 6.54 Å². The highest BCUT2D eigenvalue weighted by Crippen LogP contribution is 2.18. The van der Waals surface area contributed by atoms with Crippen LogP contribution < -0.4 is 5.76 Å². The van der Waals surface area contributed by atoms with Crippen molar-refractivity contribution < 1.29 is 8.94 Å². The van der Waals surface area contributed by atoms with Gasteiger partial charge in [0.2, 0.25) is 5.89 Å². The molecule has 108 valence electrons. The SMILES string of the molecule is O=c1onc(-c2cccnc2)n1Cc1nc2ccccc2o1. The number of hydrogen-bond acceptors (Lipinski definition) is 6. The maximum atomic E-state index is 11.9. The van der Waals surface area contributed by atoms with Gasteiger partial charge >= 0.3 is 5.76 Å². The van der Waals surface area contributed by atoms with Crippen LogP contribution in [0, 0.1) is 0 Å². The predicted molar refractivity (Wildman–Crippen MR) is 77.1 cm³/mol. The van der Waals surface area contributed by atoms with Gasteiger partial charge in [0.05, 0.1) is 0 Å². The maximum absolute atomic E-state index is 11.9. The first-order valence-electron chi connectivity index (χ1n) is 6.62. The lowest BCUT2D eigenvalue weighted by molar-refractivity contribution is 0.374. The molecule has 1 aromatic carbocycles. The van der Waals surface area contributed by atoms with Crippen molar-refractivity contribution in [2.75, 3.05) is 0 Å². The van der Waals surface area contributed by atoms with Crippen LogP contribution in [0.5, 0.6) is 0 Å². The van der Waals surface area contributed by atoms with E-state index >= 15 is 0 Å². The zero-order valence-corrected chi connectivity index (χ0v) is 11.3. The van der Waals surface area contributed by atoms with E-state index < -0.39 is 5.76 Å². The van der Waals surface area contributed by atoms with Crippen LogP contribution in [0.4, 0.5) is 0 Å². The second kappa shape index (κ2) is 4.96. The second-order valence-corrected chi connectivity index (χ2v) is 4.68. The van der Waals surface area contributed by atoms with E-state index in [0.717, 1.165) is 5.52 Å². The highest BCUT2D eigenvalue weighted by molar-refractivity contribution is 5.72. The van der Waals surface area contributed by atoms with E-state index in [4.69, 9.17) is 8.94 Å². The molecule has 22 heavy (non-hydrogen) atoms. The van der Waals surface area contributed by atoms with Crippen LogP contribution >= 0.6 is 0 Å². The Morgan fingerprint density at radius 2 is 2.05 bits per heavy atom.